The minimum absolute atomic E-state index is 0.00653. The van der Waals surface area contributed by atoms with E-state index in [0.29, 0.717) is 43.4 Å². The summed E-state index contributed by atoms with van der Waals surface area (Å²) >= 11 is 0. The molecular formula is C48H67F10NO6S2. The van der Waals surface area contributed by atoms with Gasteiger partial charge in [0.25, 0.3) is 0 Å². The van der Waals surface area contributed by atoms with Crippen LogP contribution in [0.2, 0.25) is 0 Å². The van der Waals surface area contributed by atoms with Crippen LogP contribution >= 0.6 is 21.6 Å². The van der Waals surface area contributed by atoms with E-state index in [4.69, 9.17) is 24.4 Å². The van der Waals surface area contributed by atoms with E-state index in [1.165, 1.54) is 17.2 Å². The van der Waals surface area contributed by atoms with Crippen molar-refractivity contribution < 1.29 is 73.1 Å². The zero-order chi connectivity index (χ0) is 48.9. The predicted molar refractivity (Wildman–Crippen MR) is 240 cm³/mol. The highest BCUT2D eigenvalue weighted by atomic mass is 33.1. The van der Waals surface area contributed by atoms with Crippen LogP contribution in [0.5, 0.6) is 5.75 Å². The number of aliphatic hydroxyl groups is 2. The summed E-state index contributed by atoms with van der Waals surface area (Å²) in [6.45, 7) is 3.28. The zero-order valence-electron chi connectivity index (χ0n) is 38.4. The normalized spacial score (nSPS) is 22.3. The van der Waals surface area contributed by atoms with Crippen LogP contribution in [0.4, 0.5) is 43.9 Å². The number of ether oxygens (including phenoxy) is 4. The van der Waals surface area contributed by atoms with Gasteiger partial charge in [-0.3, -0.25) is 0 Å². The molecule has 3 aliphatic rings. The summed E-state index contributed by atoms with van der Waals surface area (Å²) in [7, 11) is 5.69. The molecule has 0 aromatic heterocycles. The number of unbranched alkanes of at least 4 members (excludes halogenated alkanes) is 3. The van der Waals surface area contributed by atoms with Crippen LogP contribution in [0, 0.1) is 29.0 Å². The van der Waals surface area contributed by atoms with Crippen molar-refractivity contribution in [3.05, 3.63) is 64.5 Å². The number of halogens is 10. The van der Waals surface area contributed by atoms with Gasteiger partial charge in [0.15, 0.2) is 0 Å². The van der Waals surface area contributed by atoms with Crippen LogP contribution in [0.1, 0.15) is 112 Å². The molecular weight excluding hydrogens is 941 g/mol. The van der Waals surface area contributed by atoms with Gasteiger partial charge in [0.1, 0.15) is 18.2 Å². The zero-order valence-corrected chi connectivity index (χ0v) is 40.0. The summed E-state index contributed by atoms with van der Waals surface area (Å²) < 4.78 is 156. The first-order valence-electron chi connectivity index (χ1n) is 23.5. The van der Waals surface area contributed by atoms with E-state index in [0.717, 1.165) is 94.2 Å². The molecule has 0 radical (unpaired) electrons. The lowest BCUT2D eigenvalue weighted by atomic mass is 9.55. The van der Waals surface area contributed by atoms with Gasteiger partial charge in [-0.15, -0.1) is 0 Å². The molecule has 0 heterocycles. The molecule has 5 atom stereocenters. The lowest BCUT2D eigenvalue weighted by molar-refractivity contribution is -0.457. The Bertz CT molecular complexity index is 1760. The summed E-state index contributed by atoms with van der Waals surface area (Å²) in [5, 5.41) is 18.2. The van der Waals surface area contributed by atoms with Crippen LogP contribution < -0.4 is 4.74 Å². The van der Waals surface area contributed by atoms with Gasteiger partial charge >= 0.3 is 24.1 Å². The number of fused-ring (bicyclic) bond motifs is 5. The van der Waals surface area contributed by atoms with Gasteiger partial charge in [-0.25, -0.2) is 4.39 Å². The maximum atomic E-state index is 15.2. The van der Waals surface area contributed by atoms with Crippen molar-refractivity contribution in [3.8, 4) is 5.75 Å². The summed E-state index contributed by atoms with van der Waals surface area (Å²) in [6, 6.07) is 11.4. The fourth-order valence-electron chi connectivity index (χ4n) is 10.4. The number of hydrogen-bond acceptors (Lipinski definition) is 9. The SMILES string of the molecule is CN(CCCCCCSSCCOCCCC(CO)CO)Cc1ccc(COc2ccc3c(c2)CC[C@@H]2[C@@H]3CC[C@]3(C)[C@@H](OCCCOC(C(F)(F)F)(C(F)(F)F)C(F)(F)F)CC[C@@H]23)cc1F. The van der Waals surface area contributed by atoms with Gasteiger partial charge in [-0.1, -0.05) is 59.6 Å². The largest absolute Gasteiger partial charge is 0.489 e. The Morgan fingerprint density at radius 1 is 0.776 bits per heavy atom. The lowest BCUT2D eigenvalue weighted by Crippen LogP contribution is -2.67. The minimum Gasteiger partial charge on any atom is -0.489 e. The second kappa shape index (κ2) is 25.4. The molecule has 5 rings (SSSR count). The molecule has 382 valence electrons. The Morgan fingerprint density at radius 3 is 2.19 bits per heavy atom. The van der Waals surface area contributed by atoms with E-state index in [-0.39, 0.29) is 61.5 Å². The number of rotatable bonds is 28. The average molecular weight is 1010 g/mol. The minimum atomic E-state index is -6.76. The lowest BCUT2D eigenvalue weighted by Gasteiger charge is -2.50. The van der Waals surface area contributed by atoms with Gasteiger partial charge in [0, 0.05) is 56.0 Å². The average Bonchev–Trinajstić information content (AvgIpc) is 3.60. The Hall–Kier alpha value is -2.00. The highest BCUT2D eigenvalue weighted by molar-refractivity contribution is 8.76. The quantitative estimate of drug-likeness (QED) is 0.0492. The van der Waals surface area contributed by atoms with E-state index in [1.54, 1.807) is 0 Å². The number of hydrogen-bond donors (Lipinski definition) is 2. The van der Waals surface area contributed by atoms with E-state index >= 15 is 4.39 Å². The third-order valence-electron chi connectivity index (χ3n) is 14.0. The predicted octanol–water partition coefficient (Wildman–Crippen LogP) is 12.2. The molecule has 0 amide bonds. The van der Waals surface area contributed by atoms with Crippen LogP contribution in [0.15, 0.2) is 36.4 Å². The third kappa shape index (κ3) is 14.6. The summed E-state index contributed by atoms with van der Waals surface area (Å²) in [5.41, 5.74) is -2.77. The molecule has 2 aromatic rings. The highest BCUT2D eigenvalue weighted by Crippen LogP contribution is 2.62. The monoisotopic (exact) mass is 1010 g/mol. The number of benzene rings is 2. The van der Waals surface area contributed by atoms with E-state index < -0.39 is 37.2 Å². The fourth-order valence-corrected chi connectivity index (χ4v) is 12.4. The van der Waals surface area contributed by atoms with Crippen LogP contribution in [-0.2, 0) is 33.8 Å². The summed E-state index contributed by atoms with van der Waals surface area (Å²) in [4.78, 5) is 2.14. The number of aliphatic hydroxyl groups excluding tert-OH is 2. The summed E-state index contributed by atoms with van der Waals surface area (Å²) in [6.07, 6.45) is -10.3. The second-order valence-electron chi connectivity index (χ2n) is 18.6. The maximum absolute atomic E-state index is 15.2. The van der Waals surface area contributed by atoms with Gasteiger partial charge < -0.3 is 34.1 Å². The highest BCUT2D eigenvalue weighted by Gasteiger charge is 2.85. The molecule has 0 bridgehead atoms. The Kier molecular flexibility index (Phi) is 21.2. The van der Waals surface area contributed by atoms with Gasteiger partial charge in [-0.05, 0) is 142 Å². The molecule has 19 heteroatoms. The topological polar surface area (TPSA) is 80.6 Å². The van der Waals surface area contributed by atoms with E-state index in [2.05, 4.69) is 28.7 Å². The molecule has 7 nitrogen and oxygen atoms in total. The molecule has 0 spiro atoms. The van der Waals surface area contributed by atoms with Crippen LogP contribution in [-0.4, -0.2) is 110 Å². The van der Waals surface area contributed by atoms with Crippen LogP contribution in [0.3, 0.4) is 0 Å². The Morgan fingerprint density at radius 2 is 1.49 bits per heavy atom. The molecule has 2 fully saturated rings. The van der Waals surface area contributed by atoms with Crippen molar-refractivity contribution in [2.75, 3.05) is 64.7 Å². The Labute approximate surface area is 396 Å². The first kappa shape index (κ1) is 55.9. The fraction of sp³-hybridized carbons (Fsp3) is 0.750. The number of alkyl halides is 9. The van der Waals surface area contributed by atoms with Crippen molar-refractivity contribution >= 4 is 21.6 Å². The first-order valence-corrected chi connectivity index (χ1v) is 26.0. The number of nitrogens with zero attached hydrogens (tertiary/aromatic N) is 1. The third-order valence-corrected chi connectivity index (χ3v) is 16.5. The molecule has 2 N–H and O–H groups in total. The van der Waals surface area contributed by atoms with E-state index in [1.807, 2.05) is 46.8 Å². The van der Waals surface area contributed by atoms with Crippen molar-refractivity contribution in [1.82, 2.24) is 4.90 Å². The second-order valence-corrected chi connectivity index (χ2v) is 21.3. The van der Waals surface area contributed by atoms with Gasteiger partial charge in [0.2, 0.25) is 0 Å². The van der Waals surface area contributed by atoms with Crippen molar-refractivity contribution in [2.45, 2.75) is 140 Å². The molecule has 3 aliphatic carbocycles. The molecule has 0 unspecified atom stereocenters. The van der Waals surface area contributed by atoms with Crippen molar-refractivity contribution in [1.29, 1.82) is 0 Å². The van der Waals surface area contributed by atoms with Gasteiger partial charge in [0.05, 0.1) is 19.3 Å². The van der Waals surface area contributed by atoms with E-state index in [9.17, 15) is 39.5 Å². The standard InChI is InChI=1S/C48H67F10NO6S2/c1-44-19-18-39-38-15-13-37(28-35(38)12-14-40(39)41(44)16-17-43(44)63-22-8-23-65-45(46(50,51)52,47(53,54)55)48(56,57)58)64-32-33-10-11-36(42(49)27-33)29-59(2)20-5-3-4-6-25-66-67-26-24-62-21-7-9-34(30-60)31-61/h10-11,13,15,27-28,34,39-41,43,60-61H,3-9,12,14,16-26,29-32H2,1-2H3/t39-,40-,41+,43+,44+/m1/s1. The molecule has 2 saturated carbocycles. The van der Waals surface area contributed by atoms with Crippen LogP contribution in [0.25, 0.3) is 0 Å². The maximum Gasteiger partial charge on any atom is 0.435 e. The van der Waals surface area contributed by atoms with Gasteiger partial charge in [-0.2, -0.15) is 39.5 Å². The molecule has 2 aromatic carbocycles. The van der Waals surface area contributed by atoms with Crippen molar-refractivity contribution in [2.24, 2.45) is 23.2 Å². The molecule has 0 saturated heterocycles. The molecule has 67 heavy (non-hydrogen) atoms. The molecule has 0 aliphatic heterocycles. The smallest absolute Gasteiger partial charge is 0.435 e. The first-order chi connectivity index (χ1) is 31.8. The van der Waals surface area contributed by atoms with Crippen molar-refractivity contribution in [3.63, 3.8) is 0 Å². The number of aryl methyl sites for hydroxylation is 1. The summed E-state index contributed by atoms with van der Waals surface area (Å²) in [5.74, 6) is 3.28. The Balaban J connectivity index is 0.981.